The molecule has 1 N–H and O–H groups in total. The minimum atomic E-state index is -0.186. The molecule has 3 rings (SSSR count). The summed E-state index contributed by atoms with van der Waals surface area (Å²) >= 11 is 6.36. The molecule has 0 aliphatic rings. The van der Waals surface area contributed by atoms with Crippen LogP contribution in [0.2, 0.25) is 5.02 Å². The van der Waals surface area contributed by atoms with Crippen molar-refractivity contribution in [1.82, 2.24) is 0 Å². The summed E-state index contributed by atoms with van der Waals surface area (Å²) in [6.07, 6.45) is 1.89. The Morgan fingerprint density at radius 1 is 0.923 bits per heavy atom. The monoisotopic (exact) mass is 361 g/mol. The first kappa shape index (κ1) is 18.0. The number of hydrogen-bond donors (Lipinski definition) is 1. The van der Waals surface area contributed by atoms with Gasteiger partial charge < -0.3 is 5.32 Å². The molecule has 130 valence electrons. The number of hydrogen-bond acceptors (Lipinski definition) is 1. The second-order valence-electron chi connectivity index (χ2n) is 6.23. The zero-order chi connectivity index (χ0) is 18.5. The second-order valence-corrected chi connectivity index (χ2v) is 6.63. The Morgan fingerprint density at radius 2 is 1.54 bits per heavy atom. The minimum Gasteiger partial charge on any atom is -0.320 e. The number of halogens is 1. The van der Waals surface area contributed by atoms with Crippen LogP contribution in [0.15, 0.2) is 72.8 Å². The molecule has 0 saturated carbocycles. The molecule has 2 nitrogen and oxygen atoms in total. The van der Waals surface area contributed by atoms with Gasteiger partial charge in [-0.05, 0) is 48.2 Å². The lowest BCUT2D eigenvalue weighted by atomic mass is 10.0. The van der Waals surface area contributed by atoms with Crippen LogP contribution in [0, 0.1) is 13.8 Å². The van der Waals surface area contributed by atoms with Crippen molar-refractivity contribution in [2.45, 2.75) is 13.8 Å². The Balaban J connectivity index is 2.00. The van der Waals surface area contributed by atoms with Gasteiger partial charge in [0.25, 0.3) is 5.91 Å². The number of amides is 1. The van der Waals surface area contributed by atoms with Crippen molar-refractivity contribution in [1.29, 1.82) is 0 Å². The van der Waals surface area contributed by atoms with E-state index in [-0.39, 0.29) is 5.91 Å². The molecule has 0 unspecified atom stereocenters. The van der Waals surface area contributed by atoms with E-state index in [9.17, 15) is 4.79 Å². The fraction of sp³-hybridized carbons (Fsp3) is 0.0870. The molecule has 26 heavy (non-hydrogen) atoms. The highest BCUT2D eigenvalue weighted by atomic mass is 35.5. The van der Waals surface area contributed by atoms with Crippen LogP contribution in [0.3, 0.4) is 0 Å². The molecule has 0 atom stereocenters. The van der Waals surface area contributed by atoms with Gasteiger partial charge in [-0.1, -0.05) is 78.3 Å². The standard InChI is InChI=1S/C23H20ClNO/c1-16-13-17(2)22(21(24)14-16)25-23(26)20(19-11-7-4-8-12-19)15-18-9-5-3-6-10-18/h3-15H,1-2H3,(H,25,26). The molecule has 0 radical (unpaired) electrons. The van der Waals surface area contributed by atoms with Gasteiger partial charge in [-0.15, -0.1) is 0 Å². The molecular weight excluding hydrogens is 342 g/mol. The second kappa shape index (κ2) is 8.03. The van der Waals surface area contributed by atoms with Gasteiger partial charge in [0.1, 0.15) is 0 Å². The summed E-state index contributed by atoms with van der Waals surface area (Å²) in [6, 6.07) is 23.3. The van der Waals surface area contributed by atoms with Crippen LogP contribution in [-0.4, -0.2) is 5.91 Å². The van der Waals surface area contributed by atoms with Crippen molar-refractivity contribution in [3.63, 3.8) is 0 Å². The van der Waals surface area contributed by atoms with Gasteiger partial charge in [-0.25, -0.2) is 0 Å². The number of aryl methyl sites for hydroxylation is 2. The maximum absolute atomic E-state index is 13.1. The summed E-state index contributed by atoms with van der Waals surface area (Å²) in [5, 5.41) is 3.53. The van der Waals surface area contributed by atoms with Crippen LogP contribution in [0.25, 0.3) is 11.6 Å². The van der Waals surface area contributed by atoms with Crippen molar-refractivity contribution in [2.24, 2.45) is 0 Å². The van der Waals surface area contributed by atoms with Crippen molar-refractivity contribution < 1.29 is 4.79 Å². The Labute approximate surface area is 159 Å². The number of rotatable bonds is 4. The number of anilines is 1. The summed E-state index contributed by atoms with van der Waals surface area (Å²) in [6.45, 7) is 3.92. The molecule has 3 aromatic rings. The average Bonchev–Trinajstić information content (AvgIpc) is 2.64. The van der Waals surface area contributed by atoms with Gasteiger partial charge in [-0.2, -0.15) is 0 Å². The Kier molecular flexibility index (Phi) is 5.55. The maximum Gasteiger partial charge on any atom is 0.256 e. The maximum atomic E-state index is 13.1. The Hall–Kier alpha value is -2.84. The molecule has 0 fully saturated rings. The highest BCUT2D eigenvalue weighted by Gasteiger charge is 2.15. The van der Waals surface area contributed by atoms with Crippen molar-refractivity contribution in [3.05, 3.63) is 100 Å². The molecular formula is C23H20ClNO. The highest BCUT2D eigenvalue weighted by Crippen LogP contribution is 2.29. The van der Waals surface area contributed by atoms with Gasteiger partial charge in [-0.3, -0.25) is 4.79 Å². The zero-order valence-corrected chi connectivity index (χ0v) is 15.5. The normalized spacial score (nSPS) is 11.3. The first-order valence-corrected chi connectivity index (χ1v) is 8.82. The lowest BCUT2D eigenvalue weighted by Crippen LogP contribution is -2.15. The van der Waals surface area contributed by atoms with Crippen molar-refractivity contribution in [2.75, 3.05) is 5.32 Å². The van der Waals surface area contributed by atoms with Gasteiger partial charge in [0, 0.05) is 5.57 Å². The Morgan fingerprint density at radius 3 is 2.15 bits per heavy atom. The van der Waals surface area contributed by atoms with E-state index in [1.807, 2.05) is 92.7 Å². The van der Waals surface area contributed by atoms with E-state index in [1.54, 1.807) is 0 Å². The van der Waals surface area contributed by atoms with E-state index in [0.29, 0.717) is 16.3 Å². The van der Waals surface area contributed by atoms with Gasteiger partial charge in [0.15, 0.2) is 0 Å². The molecule has 0 aliphatic heterocycles. The Bertz CT molecular complexity index is 923. The first-order valence-electron chi connectivity index (χ1n) is 8.45. The van der Waals surface area contributed by atoms with Gasteiger partial charge in [0.05, 0.1) is 10.7 Å². The highest BCUT2D eigenvalue weighted by molar-refractivity contribution is 6.36. The van der Waals surface area contributed by atoms with Crippen LogP contribution in [-0.2, 0) is 4.79 Å². The third-order valence-corrected chi connectivity index (χ3v) is 4.41. The van der Waals surface area contributed by atoms with E-state index < -0.39 is 0 Å². The fourth-order valence-electron chi connectivity index (χ4n) is 2.87. The first-order chi connectivity index (χ1) is 12.5. The summed E-state index contributed by atoms with van der Waals surface area (Å²) in [7, 11) is 0. The molecule has 3 heteroatoms. The summed E-state index contributed by atoms with van der Waals surface area (Å²) in [5.74, 6) is -0.186. The molecule has 0 saturated heterocycles. The van der Waals surface area contributed by atoms with E-state index >= 15 is 0 Å². The molecule has 0 aromatic heterocycles. The van der Waals surface area contributed by atoms with Crippen molar-refractivity contribution in [3.8, 4) is 0 Å². The topological polar surface area (TPSA) is 29.1 Å². The lowest BCUT2D eigenvalue weighted by Gasteiger charge is -2.14. The third kappa shape index (κ3) is 4.22. The number of carbonyl (C=O) groups excluding carboxylic acids is 1. The van der Waals surface area contributed by atoms with Gasteiger partial charge in [0.2, 0.25) is 0 Å². The molecule has 3 aromatic carbocycles. The van der Waals surface area contributed by atoms with Crippen LogP contribution < -0.4 is 5.32 Å². The van der Waals surface area contributed by atoms with E-state index in [1.165, 1.54) is 0 Å². The predicted molar refractivity (Wildman–Crippen MR) is 110 cm³/mol. The quantitative estimate of drug-likeness (QED) is 0.439. The van der Waals surface area contributed by atoms with E-state index in [4.69, 9.17) is 11.6 Å². The number of benzene rings is 3. The lowest BCUT2D eigenvalue weighted by molar-refractivity contribution is -0.111. The van der Waals surface area contributed by atoms with Crippen LogP contribution in [0.4, 0.5) is 5.69 Å². The van der Waals surface area contributed by atoms with E-state index in [0.717, 1.165) is 22.3 Å². The summed E-state index contributed by atoms with van der Waals surface area (Å²) in [5.41, 5.74) is 5.07. The molecule has 0 bridgehead atoms. The predicted octanol–water partition coefficient (Wildman–Crippen LogP) is 6.14. The van der Waals surface area contributed by atoms with Crippen LogP contribution in [0.1, 0.15) is 22.3 Å². The molecule has 0 heterocycles. The zero-order valence-electron chi connectivity index (χ0n) is 14.8. The van der Waals surface area contributed by atoms with Crippen LogP contribution >= 0.6 is 11.6 Å². The summed E-state index contributed by atoms with van der Waals surface area (Å²) < 4.78 is 0. The minimum absolute atomic E-state index is 0.186. The number of nitrogens with one attached hydrogen (secondary N) is 1. The third-order valence-electron chi connectivity index (χ3n) is 4.11. The summed E-state index contributed by atoms with van der Waals surface area (Å²) in [4.78, 5) is 13.1. The smallest absolute Gasteiger partial charge is 0.256 e. The molecule has 1 amide bonds. The molecule has 0 spiro atoms. The van der Waals surface area contributed by atoms with Crippen LogP contribution in [0.5, 0.6) is 0 Å². The largest absolute Gasteiger partial charge is 0.320 e. The fourth-order valence-corrected chi connectivity index (χ4v) is 3.24. The average molecular weight is 362 g/mol. The van der Waals surface area contributed by atoms with E-state index in [2.05, 4.69) is 5.32 Å². The molecule has 0 aliphatic carbocycles. The van der Waals surface area contributed by atoms with Gasteiger partial charge >= 0.3 is 0 Å². The number of carbonyl (C=O) groups is 1. The SMILES string of the molecule is Cc1cc(C)c(NC(=O)C(=Cc2ccccc2)c2ccccc2)c(Cl)c1. The van der Waals surface area contributed by atoms with Crippen molar-refractivity contribution >= 4 is 34.8 Å².